The molecule has 0 fully saturated rings. The largest absolute Gasteiger partial charge is 0.323 e. The van der Waals surface area contributed by atoms with Gasteiger partial charge in [-0.15, -0.1) is 0 Å². The monoisotopic (exact) mass is 383 g/mol. The molecule has 0 spiro atoms. The smallest absolute Gasteiger partial charge is 0.243 e. The Morgan fingerprint density at radius 3 is 2.00 bits per heavy atom. The minimum Gasteiger partial charge on any atom is -0.323 e. The standard InChI is InChI=1S/C16H21N3O4S2/c1-19(2)25(22,23)16-11-7-6-10-15(16)24(20,21)18-12-14(17)13-8-4-3-5-9-13/h3-11,14,18H,12,17H2,1-2H3. The molecule has 2 rings (SSSR count). The second-order valence-corrected chi connectivity index (χ2v) is 9.46. The summed E-state index contributed by atoms with van der Waals surface area (Å²) in [6, 6.07) is 14.0. The van der Waals surface area contributed by atoms with E-state index in [1.54, 1.807) is 12.1 Å². The van der Waals surface area contributed by atoms with Gasteiger partial charge in [-0.3, -0.25) is 0 Å². The summed E-state index contributed by atoms with van der Waals surface area (Å²) in [7, 11) is -5.26. The molecule has 0 aliphatic rings. The lowest BCUT2D eigenvalue weighted by atomic mass is 10.1. The third-order valence-electron chi connectivity index (χ3n) is 3.62. The van der Waals surface area contributed by atoms with Crippen molar-refractivity contribution in [2.45, 2.75) is 15.8 Å². The molecular weight excluding hydrogens is 362 g/mol. The van der Waals surface area contributed by atoms with Gasteiger partial charge in [0.1, 0.15) is 9.79 Å². The van der Waals surface area contributed by atoms with Crippen molar-refractivity contribution in [1.82, 2.24) is 9.03 Å². The highest BCUT2D eigenvalue weighted by molar-refractivity contribution is 7.92. The van der Waals surface area contributed by atoms with E-state index in [-0.39, 0.29) is 16.3 Å². The average Bonchev–Trinajstić information content (AvgIpc) is 2.60. The van der Waals surface area contributed by atoms with Gasteiger partial charge in [0.05, 0.1) is 0 Å². The number of hydrogen-bond donors (Lipinski definition) is 2. The summed E-state index contributed by atoms with van der Waals surface area (Å²) in [5.41, 5.74) is 6.78. The Morgan fingerprint density at radius 1 is 0.920 bits per heavy atom. The fourth-order valence-corrected chi connectivity index (χ4v) is 4.93. The van der Waals surface area contributed by atoms with Crippen LogP contribution in [0.5, 0.6) is 0 Å². The Morgan fingerprint density at radius 2 is 1.44 bits per heavy atom. The van der Waals surface area contributed by atoms with Gasteiger partial charge in [-0.25, -0.2) is 25.9 Å². The maximum Gasteiger partial charge on any atom is 0.243 e. The van der Waals surface area contributed by atoms with E-state index in [1.165, 1.54) is 38.4 Å². The van der Waals surface area contributed by atoms with Crippen molar-refractivity contribution >= 4 is 20.0 Å². The summed E-state index contributed by atoms with van der Waals surface area (Å²) in [5, 5.41) is 0. The van der Waals surface area contributed by atoms with Crippen molar-refractivity contribution < 1.29 is 16.8 Å². The van der Waals surface area contributed by atoms with Crippen LogP contribution in [0.2, 0.25) is 0 Å². The molecule has 0 aliphatic carbocycles. The maximum atomic E-state index is 12.6. The van der Waals surface area contributed by atoms with Crippen LogP contribution in [0, 0.1) is 0 Å². The van der Waals surface area contributed by atoms with E-state index in [4.69, 9.17) is 5.73 Å². The highest BCUT2D eigenvalue weighted by Gasteiger charge is 2.27. The lowest BCUT2D eigenvalue weighted by Gasteiger charge is -2.17. The molecular formula is C16H21N3O4S2. The van der Waals surface area contributed by atoms with Crippen LogP contribution in [-0.4, -0.2) is 41.8 Å². The fraction of sp³-hybridized carbons (Fsp3) is 0.250. The zero-order valence-corrected chi connectivity index (χ0v) is 15.6. The first-order valence-corrected chi connectivity index (χ1v) is 10.4. The molecule has 0 radical (unpaired) electrons. The summed E-state index contributed by atoms with van der Waals surface area (Å²) >= 11 is 0. The van der Waals surface area contributed by atoms with Crippen LogP contribution in [-0.2, 0) is 20.0 Å². The SMILES string of the molecule is CN(C)S(=O)(=O)c1ccccc1S(=O)(=O)NCC(N)c1ccccc1. The van der Waals surface area contributed by atoms with E-state index in [1.807, 2.05) is 18.2 Å². The van der Waals surface area contributed by atoms with Crippen LogP contribution in [0.1, 0.15) is 11.6 Å². The van der Waals surface area contributed by atoms with Gasteiger partial charge in [0, 0.05) is 26.7 Å². The molecule has 0 heterocycles. The van der Waals surface area contributed by atoms with Crippen LogP contribution in [0.25, 0.3) is 0 Å². The molecule has 1 atom stereocenters. The highest BCUT2D eigenvalue weighted by Crippen LogP contribution is 2.23. The van der Waals surface area contributed by atoms with Crippen LogP contribution in [0.3, 0.4) is 0 Å². The summed E-state index contributed by atoms with van der Waals surface area (Å²) in [6.07, 6.45) is 0. The third-order valence-corrected chi connectivity index (χ3v) is 7.10. The Balaban J connectivity index is 2.29. The second-order valence-electron chi connectivity index (χ2n) is 5.60. The molecule has 0 saturated heterocycles. The van der Waals surface area contributed by atoms with E-state index in [0.29, 0.717) is 0 Å². The quantitative estimate of drug-likeness (QED) is 0.739. The number of rotatable bonds is 7. The van der Waals surface area contributed by atoms with Crippen molar-refractivity contribution in [3.05, 3.63) is 60.2 Å². The van der Waals surface area contributed by atoms with Gasteiger partial charge in [0.2, 0.25) is 20.0 Å². The van der Waals surface area contributed by atoms with Crippen LogP contribution in [0.15, 0.2) is 64.4 Å². The number of nitrogens with two attached hydrogens (primary N) is 1. The molecule has 136 valence electrons. The zero-order valence-electron chi connectivity index (χ0n) is 14.0. The Labute approximate surface area is 148 Å². The predicted molar refractivity (Wildman–Crippen MR) is 95.9 cm³/mol. The van der Waals surface area contributed by atoms with Crippen molar-refractivity contribution in [3.63, 3.8) is 0 Å². The molecule has 2 aromatic rings. The van der Waals surface area contributed by atoms with Gasteiger partial charge in [-0.1, -0.05) is 42.5 Å². The fourth-order valence-electron chi connectivity index (χ4n) is 2.18. The first kappa shape index (κ1) is 19.5. The van der Waals surface area contributed by atoms with Gasteiger partial charge >= 0.3 is 0 Å². The van der Waals surface area contributed by atoms with E-state index in [2.05, 4.69) is 4.72 Å². The molecule has 2 aromatic carbocycles. The summed E-state index contributed by atoms with van der Waals surface area (Å²) in [4.78, 5) is -0.579. The number of nitrogens with one attached hydrogen (secondary N) is 1. The minimum atomic E-state index is -4.05. The van der Waals surface area contributed by atoms with Crippen molar-refractivity contribution in [2.24, 2.45) is 5.73 Å². The Bertz CT molecular complexity index is 927. The third kappa shape index (κ3) is 4.44. The number of nitrogens with zero attached hydrogens (tertiary/aromatic N) is 1. The molecule has 1 unspecified atom stereocenters. The van der Waals surface area contributed by atoms with Crippen molar-refractivity contribution in [1.29, 1.82) is 0 Å². The molecule has 0 aromatic heterocycles. The summed E-state index contributed by atoms with van der Waals surface area (Å²) < 4.78 is 53.3. The molecule has 0 aliphatic heterocycles. The first-order valence-electron chi connectivity index (χ1n) is 7.48. The molecule has 3 N–H and O–H groups in total. The lowest BCUT2D eigenvalue weighted by molar-refractivity contribution is 0.516. The second kappa shape index (κ2) is 7.63. The van der Waals surface area contributed by atoms with Gasteiger partial charge in [0.15, 0.2) is 0 Å². The molecule has 0 bridgehead atoms. The molecule has 25 heavy (non-hydrogen) atoms. The van der Waals surface area contributed by atoms with Gasteiger partial charge in [-0.2, -0.15) is 0 Å². The number of benzene rings is 2. The van der Waals surface area contributed by atoms with Gasteiger partial charge in [-0.05, 0) is 17.7 Å². The van der Waals surface area contributed by atoms with Gasteiger partial charge < -0.3 is 5.73 Å². The van der Waals surface area contributed by atoms with Crippen molar-refractivity contribution in [3.8, 4) is 0 Å². The molecule has 7 nitrogen and oxygen atoms in total. The Kier molecular flexibility index (Phi) is 5.96. The van der Waals surface area contributed by atoms with Crippen LogP contribution >= 0.6 is 0 Å². The van der Waals surface area contributed by atoms with E-state index >= 15 is 0 Å². The molecule has 0 amide bonds. The van der Waals surface area contributed by atoms with E-state index in [9.17, 15) is 16.8 Å². The van der Waals surface area contributed by atoms with Crippen LogP contribution < -0.4 is 10.5 Å². The van der Waals surface area contributed by atoms with Crippen LogP contribution in [0.4, 0.5) is 0 Å². The minimum absolute atomic E-state index is 0.0529. The number of hydrogen-bond acceptors (Lipinski definition) is 5. The Hall–Kier alpha value is -1.78. The molecule has 9 heteroatoms. The van der Waals surface area contributed by atoms with E-state index in [0.717, 1.165) is 9.87 Å². The van der Waals surface area contributed by atoms with E-state index < -0.39 is 26.1 Å². The normalized spacial score (nSPS) is 13.8. The summed E-state index contributed by atoms with van der Waals surface area (Å²) in [5.74, 6) is 0. The molecule has 0 saturated carbocycles. The topological polar surface area (TPSA) is 110 Å². The number of sulfonamides is 2. The first-order chi connectivity index (χ1) is 11.7. The highest BCUT2D eigenvalue weighted by atomic mass is 32.2. The summed E-state index contributed by atoms with van der Waals surface area (Å²) in [6.45, 7) is -0.0529. The van der Waals surface area contributed by atoms with Crippen molar-refractivity contribution in [2.75, 3.05) is 20.6 Å². The lowest BCUT2D eigenvalue weighted by Crippen LogP contribution is -2.33. The average molecular weight is 383 g/mol. The van der Waals surface area contributed by atoms with Gasteiger partial charge in [0.25, 0.3) is 0 Å². The predicted octanol–water partition coefficient (Wildman–Crippen LogP) is 0.915. The maximum absolute atomic E-state index is 12.6. The zero-order chi connectivity index (χ0) is 18.7.